The van der Waals surface area contributed by atoms with Crippen LogP contribution in [-0.2, 0) is 0 Å². The van der Waals surface area contributed by atoms with E-state index >= 15 is 0 Å². The van der Waals surface area contributed by atoms with Gasteiger partial charge in [0.25, 0.3) is 0 Å². The third kappa shape index (κ3) is 2.76. The Morgan fingerprint density at radius 3 is 2.79 bits per heavy atom. The minimum absolute atomic E-state index is 0.0256. The van der Waals surface area contributed by atoms with Gasteiger partial charge in [-0.05, 0) is 18.8 Å². The SMILES string of the molecule is COc1ccc([N+](=O)[O-])c(N(C)C(CN)C2CC2)n1. The molecule has 0 bridgehead atoms. The first-order valence-corrected chi connectivity index (χ1v) is 6.20. The number of nitrogens with zero attached hydrogens (tertiary/aromatic N) is 3. The van der Waals surface area contributed by atoms with Crippen LogP contribution in [0.4, 0.5) is 11.5 Å². The monoisotopic (exact) mass is 266 g/mol. The summed E-state index contributed by atoms with van der Waals surface area (Å²) in [4.78, 5) is 16.7. The first-order chi connectivity index (χ1) is 9.08. The van der Waals surface area contributed by atoms with Crippen molar-refractivity contribution >= 4 is 11.5 Å². The molecule has 2 rings (SSSR count). The highest BCUT2D eigenvalue weighted by Crippen LogP contribution is 2.38. The maximum absolute atomic E-state index is 11.1. The zero-order valence-electron chi connectivity index (χ0n) is 11.1. The molecule has 0 aliphatic heterocycles. The van der Waals surface area contributed by atoms with E-state index < -0.39 is 4.92 Å². The molecule has 2 N–H and O–H groups in total. The van der Waals surface area contributed by atoms with E-state index in [2.05, 4.69) is 4.98 Å². The Bertz CT molecular complexity index is 476. The molecule has 1 aliphatic rings. The van der Waals surface area contributed by atoms with E-state index in [1.54, 1.807) is 11.9 Å². The number of nitro groups is 1. The number of hydrogen-bond acceptors (Lipinski definition) is 6. The van der Waals surface area contributed by atoms with Gasteiger partial charge in [0.15, 0.2) is 0 Å². The van der Waals surface area contributed by atoms with E-state index in [4.69, 9.17) is 10.5 Å². The molecule has 1 saturated carbocycles. The number of rotatable bonds is 6. The van der Waals surface area contributed by atoms with E-state index in [-0.39, 0.29) is 11.7 Å². The summed E-state index contributed by atoms with van der Waals surface area (Å²) in [6.45, 7) is 0.456. The summed E-state index contributed by atoms with van der Waals surface area (Å²) >= 11 is 0. The summed E-state index contributed by atoms with van der Waals surface area (Å²) in [6.07, 6.45) is 2.23. The van der Waals surface area contributed by atoms with Gasteiger partial charge in [-0.1, -0.05) is 0 Å². The summed E-state index contributed by atoms with van der Waals surface area (Å²) < 4.78 is 5.04. The fraction of sp³-hybridized carbons (Fsp3) is 0.583. The number of likely N-dealkylation sites (N-methyl/N-ethyl adjacent to an activating group) is 1. The average molecular weight is 266 g/mol. The molecule has 1 heterocycles. The molecular weight excluding hydrogens is 248 g/mol. The second-order valence-electron chi connectivity index (χ2n) is 4.70. The molecule has 1 fully saturated rings. The number of pyridine rings is 1. The molecule has 1 atom stereocenters. The number of ether oxygens (including phenoxy) is 1. The highest BCUT2D eigenvalue weighted by atomic mass is 16.6. The minimum Gasteiger partial charge on any atom is -0.481 e. The Kier molecular flexibility index (Phi) is 3.84. The Hall–Kier alpha value is -1.89. The molecule has 7 nitrogen and oxygen atoms in total. The van der Waals surface area contributed by atoms with Crippen molar-refractivity contribution in [1.82, 2.24) is 4.98 Å². The van der Waals surface area contributed by atoms with E-state index in [0.29, 0.717) is 24.2 Å². The van der Waals surface area contributed by atoms with Crippen molar-refractivity contribution in [2.75, 3.05) is 25.6 Å². The van der Waals surface area contributed by atoms with Crippen LogP contribution in [0.5, 0.6) is 5.88 Å². The van der Waals surface area contributed by atoms with Gasteiger partial charge >= 0.3 is 5.69 Å². The molecule has 104 valence electrons. The summed E-state index contributed by atoms with van der Waals surface area (Å²) in [5.74, 6) is 1.17. The van der Waals surface area contributed by atoms with Crippen LogP contribution in [0.15, 0.2) is 12.1 Å². The van der Waals surface area contributed by atoms with E-state index in [9.17, 15) is 10.1 Å². The number of anilines is 1. The molecular formula is C12H18N4O3. The first-order valence-electron chi connectivity index (χ1n) is 6.20. The molecule has 1 aromatic heterocycles. The molecule has 0 spiro atoms. The third-order valence-corrected chi connectivity index (χ3v) is 3.47. The van der Waals surface area contributed by atoms with Gasteiger partial charge < -0.3 is 15.4 Å². The highest BCUT2D eigenvalue weighted by Gasteiger charge is 2.35. The van der Waals surface area contributed by atoms with Crippen molar-refractivity contribution < 1.29 is 9.66 Å². The zero-order chi connectivity index (χ0) is 14.0. The molecule has 0 saturated heterocycles. The fourth-order valence-electron chi connectivity index (χ4n) is 2.24. The molecule has 1 aromatic rings. The third-order valence-electron chi connectivity index (χ3n) is 3.47. The van der Waals surface area contributed by atoms with Crippen LogP contribution < -0.4 is 15.4 Å². The molecule has 1 unspecified atom stereocenters. The van der Waals surface area contributed by atoms with Crippen molar-refractivity contribution in [3.63, 3.8) is 0 Å². The van der Waals surface area contributed by atoms with Crippen LogP contribution in [0, 0.1) is 16.0 Å². The molecule has 0 radical (unpaired) electrons. The largest absolute Gasteiger partial charge is 0.481 e. The second kappa shape index (κ2) is 5.40. The molecule has 0 aromatic carbocycles. The number of nitrogens with two attached hydrogens (primary N) is 1. The molecule has 19 heavy (non-hydrogen) atoms. The van der Waals surface area contributed by atoms with Crippen LogP contribution in [0.3, 0.4) is 0 Å². The van der Waals surface area contributed by atoms with Crippen molar-refractivity contribution in [3.05, 3.63) is 22.2 Å². The van der Waals surface area contributed by atoms with E-state index in [0.717, 1.165) is 12.8 Å². The van der Waals surface area contributed by atoms with E-state index in [1.165, 1.54) is 19.2 Å². The van der Waals surface area contributed by atoms with Gasteiger partial charge in [0, 0.05) is 31.8 Å². The molecule has 0 amide bonds. The van der Waals surface area contributed by atoms with Crippen molar-refractivity contribution in [3.8, 4) is 5.88 Å². The van der Waals surface area contributed by atoms with Gasteiger partial charge in [-0.2, -0.15) is 4.98 Å². The van der Waals surface area contributed by atoms with Gasteiger partial charge in [-0.3, -0.25) is 10.1 Å². The fourth-order valence-corrected chi connectivity index (χ4v) is 2.24. The Balaban J connectivity index is 2.36. The normalized spacial score (nSPS) is 15.9. The lowest BCUT2D eigenvalue weighted by molar-refractivity contribution is -0.384. The van der Waals surface area contributed by atoms with Gasteiger partial charge in [0.05, 0.1) is 12.0 Å². The topological polar surface area (TPSA) is 94.5 Å². The van der Waals surface area contributed by atoms with Crippen molar-refractivity contribution in [1.29, 1.82) is 0 Å². The Morgan fingerprint density at radius 2 is 2.32 bits per heavy atom. The lowest BCUT2D eigenvalue weighted by atomic mass is 10.1. The van der Waals surface area contributed by atoms with Gasteiger partial charge in [-0.15, -0.1) is 0 Å². The lowest BCUT2D eigenvalue weighted by Gasteiger charge is -2.27. The van der Waals surface area contributed by atoms with Crippen LogP contribution >= 0.6 is 0 Å². The van der Waals surface area contributed by atoms with Gasteiger partial charge in [-0.25, -0.2) is 0 Å². The lowest BCUT2D eigenvalue weighted by Crippen LogP contribution is -2.40. The summed E-state index contributed by atoms with van der Waals surface area (Å²) in [5.41, 5.74) is 5.75. The molecule has 1 aliphatic carbocycles. The summed E-state index contributed by atoms with van der Waals surface area (Å²) in [6, 6.07) is 2.99. The van der Waals surface area contributed by atoms with Crippen LogP contribution in [0.2, 0.25) is 0 Å². The Labute approximate surface area is 111 Å². The van der Waals surface area contributed by atoms with Crippen LogP contribution in [0.1, 0.15) is 12.8 Å². The zero-order valence-corrected chi connectivity index (χ0v) is 11.1. The summed E-state index contributed by atoms with van der Waals surface area (Å²) in [7, 11) is 3.28. The molecule has 7 heteroatoms. The van der Waals surface area contributed by atoms with Crippen molar-refractivity contribution in [2.24, 2.45) is 11.7 Å². The van der Waals surface area contributed by atoms with Gasteiger partial charge in [0.2, 0.25) is 11.7 Å². The maximum atomic E-state index is 11.1. The standard InChI is InChI=1S/C12H18N4O3/c1-15(10(7-13)8-3-4-8)12-9(16(17)18)5-6-11(14-12)19-2/h5-6,8,10H,3-4,7,13H2,1-2H3. The van der Waals surface area contributed by atoms with Crippen molar-refractivity contribution in [2.45, 2.75) is 18.9 Å². The Morgan fingerprint density at radius 1 is 1.63 bits per heavy atom. The summed E-state index contributed by atoms with van der Waals surface area (Å²) in [5, 5.41) is 11.1. The minimum atomic E-state index is -0.432. The second-order valence-corrected chi connectivity index (χ2v) is 4.70. The van der Waals surface area contributed by atoms with Gasteiger partial charge in [0.1, 0.15) is 0 Å². The highest BCUT2D eigenvalue weighted by molar-refractivity contribution is 5.59. The number of aromatic nitrogens is 1. The smallest absolute Gasteiger partial charge is 0.311 e. The maximum Gasteiger partial charge on any atom is 0.311 e. The number of hydrogen-bond donors (Lipinski definition) is 1. The average Bonchev–Trinajstić information content (AvgIpc) is 3.23. The van der Waals surface area contributed by atoms with Crippen LogP contribution in [0.25, 0.3) is 0 Å². The van der Waals surface area contributed by atoms with Crippen LogP contribution in [-0.4, -0.2) is 36.7 Å². The number of methoxy groups -OCH3 is 1. The van der Waals surface area contributed by atoms with E-state index in [1.807, 2.05) is 0 Å². The predicted octanol–water partition coefficient (Wildman–Crippen LogP) is 1.17. The first kappa shape index (κ1) is 13.5. The predicted molar refractivity (Wildman–Crippen MR) is 71.4 cm³/mol. The quantitative estimate of drug-likeness (QED) is 0.613.